The molecule has 1 aromatic carbocycles. The van der Waals surface area contributed by atoms with E-state index in [4.69, 9.17) is 0 Å². The van der Waals surface area contributed by atoms with Crippen LogP contribution in [0.5, 0.6) is 0 Å². The van der Waals surface area contributed by atoms with Gasteiger partial charge in [0.2, 0.25) is 0 Å². The third-order valence-corrected chi connectivity index (χ3v) is 2.69. The topological polar surface area (TPSA) is 34.9 Å². The second-order valence-corrected chi connectivity index (χ2v) is 4.19. The Labute approximate surface area is 92.5 Å². The molecule has 0 N–H and O–H groups in total. The van der Waals surface area contributed by atoms with Crippen LogP contribution in [-0.4, -0.2) is 9.78 Å². The molecule has 1 aromatic heterocycles. The number of benzene rings is 1. The van der Waals surface area contributed by atoms with E-state index >= 15 is 0 Å². The van der Waals surface area contributed by atoms with Crippen molar-refractivity contribution in [2.75, 3.05) is 0 Å². The van der Waals surface area contributed by atoms with Gasteiger partial charge in [-0.2, -0.15) is 5.10 Å². The molecule has 0 amide bonds. The molecule has 2 aromatic rings. The van der Waals surface area contributed by atoms with Crippen molar-refractivity contribution in [3.05, 3.63) is 40.1 Å². The standard InChI is InChI=1S/C12H13FN2O/c1-7(2)8-4-9-6-14-15(3)12(16)11(9)10(13)5-8/h4-7H,1-3H3. The van der Waals surface area contributed by atoms with Crippen LogP contribution < -0.4 is 5.56 Å². The van der Waals surface area contributed by atoms with Crippen LogP contribution in [0.25, 0.3) is 10.8 Å². The molecule has 0 bridgehead atoms. The first-order chi connectivity index (χ1) is 7.50. The first-order valence-electron chi connectivity index (χ1n) is 5.16. The van der Waals surface area contributed by atoms with Gasteiger partial charge < -0.3 is 0 Å². The molecule has 0 aliphatic heterocycles. The fourth-order valence-corrected chi connectivity index (χ4v) is 1.67. The van der Waals surface area contributed by atoms with Gasteiger partial charge in [0.15, 0.2) is 0 Å². The average Bonchev–Trinajstić information content (AvgIpc) is 2.22. The van der Waals surface area contributed by atoms with Gasteiger partial charge in [-0.1, -0.05) is 13.8 Å². The third-order valence-electron chi connectivity index (χ3n) is 2.69. The van der Waals surface area contributed by atoms with Crippen LogP contribution in [-0.2, 0) is 7.05 Å². The summed E-state index contributed by atoms with van der Waals surface area (Å²) in [6.45, 7) is 3.96. The second-order valence-electron chi connectivity index (χ2n) is 4.19. The van der Waals surface area contributed by atoms with Gasteiger partial charge in [-0.05, 0) is 23.6 Å². The summed E-state index contributed by atoms with van der Waals surface area (Å²) in [7, 11) is 1.51. The number of nitrogens with zero attached hydrogens (tertiary/aromatic N) is 2. The summed E-state index contributed by atoms with van der Waals surface area (Å²) in [6, 6.07) is 3.24. The summed E-state index contributed by atoms with van der Waals surface area (Å²) in [5, 5.41) is 4.56. The highest BCUT2D eigenvalue weighted by molar-refractivity contribution is 5.82. The highest BCUT2D eigenvalue weighted by Crippen LogP contribution is 2.21. The van der Waals surface area contributed by atoms with Crippen LogP contribution in [0.2, 0.25) is 0 Å². The van der Waals surface area contributed by atoms with Crippen molar-refractivity contribution in [1.82, 2.24) is 9.78 Å². The molecule has 0 saturated carbocycles. The molecule has 0 unspecified atom stereocenters. The normalized spacial score (nSPS) is 11.3. The smallest absolute Gasteiger partial charge is 0.267 e. The zero-order valence-electron chi connectivity index (χ0n) is 9.49. The first kappa shape index (κ1) is 10.8. The minimum absolute atomic E-state index is 0.113. The molecule has 0 atom stereocenters. The van der Waals surface area contributed by atoms with Crippen LogP contribution in [0.1, 0.15) is 25.3 Å². The lowest BCUT2D eigenvalue weighted by Gasteiger charge is -2.08. The minimum atomic E-state index is -0.468. The highest BCUT2D eigenvalue weighted by atomic mass is 19.1. The molecule has 0 aliphatic rings. The third kappa shape index (κ3) is 1.60. The Balaban J connectivity index is 2.87. The Morgan fingerprint density at radius 1 is 1.38 bits per heavy atom. The molecule has 0 fully saturated rings. The maximum Gasteiger partial charge on any atom is 0.277 e. The first-order valence-corrected chi connectivity index (χ1v) is 5.16. The molecular weight excluding hydrogens is 207 g/mol. The maximum atomic E-state index is 13.8. The summed E-state index contributed by atoms with van der Waals surface area (Å²) < 4.78 is 14.9. The highest BCUT2D eigenvalue weighted by Gasteiger charge is 2.10. The summed E-state index contributed by atoms with van der Waals surface area (Å²) in [6.07, 6.45) is 1.52. The van der Waals surface area contributed by atoms with Crippen molar-refractivity contribution in [2.45, 2.75) is 19.8 Å². The van der Waals surface area contributed by atoms with Gasteiger partial charge in [-0.3, -0.25) is 4.79 Å². The van der Waals surface area contributed by atoms with Crippen molar-refractivity contribution < 1.29 is 4.39 Å². The van der Waals surface area contributed by atoms with E-state index in [1.807, 2.05) is 19.9 Å². The fraction of sp³-hybridized carbons (Fsp3) is 0.333. The molecule has 0 saturated heterocycles. The van der Waals surface area contributed by atoms with Crippen LogP contribution in [0.3, 0.4) is 0 Å². The lowest BCUT2D eigenvalue weighted by molar-refractivity contribution is 0.628. The van der Waals surface area contributed by atoms with E-state index in [9.17, 15) is 9.18 Å². The Bertz CT molecular complexity index is 602. The lowest BCUT2D eigenvalue weighted by atomic mass is 10.0. The van der Waals surface area contributed by atoms with Crippen molar-refractivity contribution in [2.24, 2.45) is 7.05 Å². The van der Waals surface area contributed by atoms with Crippen LogP contribution in [0, 0.1) is 5.82 Å². The van der Waals surface area contributed by atoms with Gasteiger partial charge in [0.1, 0.15) is 5.82 Å². The lowest BCUT2D eigenvalue weighted by Crippen LogP contribution is -2.20. The molecule has 0 aliphatic carbocycles. The van der Waals surface area contributed by atoms with Gasteiger partial charge in [-0.15, -0.1) is 0 Å². The Morgan fingerprint density at radius 2 is 2.06 bits per heavy atom. The molecule has 3 nitrogen and oxygen atoms in total. The average molecular weight is 220 g/mol. The van der Waals surface area contributed by atoms with Gasteiger partial charge in [-0.25, -0.2) is 9.07 Å². The van der Waals surface area contributed by atoms with Gasteiger partial charge in [0, 0.05) is 12.4 Å². The van der Waals surface area contributed by atoms with Crippen molar-refractivity contribution in [3.8, 4) is 0 Å². The largest absolute Gasteiger partial charge is 0.277 e. The number of hydrogen-bond acceptors (Lipinski definition) is 2. The van der Waals surface area contributed by atoms with Gasteiger partial charge >= 0.3 is 0 Å². The minimum Gasteiger partial charge on any atom is -0.267 e. The number of aryl methyl sites for hydroxylation is 1. The van der Waals surface area contributed by atoms with Crippen molar-refractivity contribution in [1.29, 1.82) is 0 Å². The van der Waals surface area contributed by atoms with E-state index in [0.717, 1.165) is 10.2 Å². The Kier molecular flexibility index (Phi) is 2.50. The van der Waals surface area contributed by atoms with E-state index in [1.54, 1.807) is 0 Å². The summed E-state index contributed by atoms with van der Waals surface area (Å²) in [5.74, 6) is -0.243. The summed E-state index contributed by atoms with van der Waals surface area (Å²) in [5.41, 5.74) is 0.477. The number of halogens is 1. The second kappa shape index (κ2) is 3.70. The monoisotopic (exact) mass is 220 g/mol. The number of rotatable bonds is 1. The molecule has 0 spiro atoms. The quantitative estimate of drug-likeness (QED) is 0.738. The van der Waals surface area contributed by atoms with Gasteiger partial charge in [0.25, 0.3) is 5.56 Å². The van der Waals surface area contributed by atoms with E-state index in [0.29, 0.717) is 5.39 Å². The predicted molar refractivity (Wildman–Crippen MR) is 61.0 cm³/mol. The number of aromatic nitrogens is 2. The number of hydrogen-bond donors (Lipinski definition) is 0. The van der Waals surface area contributed by atoms with Crippen molar-refractivity contribution in [3.63, 3.8) is 0 Å². The van der Waals surface area contributed by atoms with E-state index in [-0.39, 0.29) is 11.3 Å². The molecule has 4 heteroatoms. The Hall–Kier alpha value is -1.71. The van der Waals surface area contributed by atoms with Crippen LogP contribution in [0.4, 0.5) is 4.39 Å². The van der Waals surface area contributed by atoms with E-state index in [1.165, 1.54) is 19.3 Å². The molecule has 0 radical (unpaired) electrons. The molecule has 2 rings (SSSR count). The number of fused-ring (bicyclic) bond motifs is 1. The Morgan fingerprint density at radius 3 is 2.69 bits per heavy atom. The van der Waals surface area contributed by atoms with E-state index in [2.05, 4.69) is 5.10 Å². The maximum absolute atomic E-state index is 13.8. The fourth-order valence-electron chi connectivity index (χ4n) is 1.67. The van der Waals surface area contributed by atoms with Gasteiger partial charge in [0.05, 0.1) is 11.6 Å². The zero-order valence-corrected chi connectivity index (χ0v) is 9.49. The summed E-state index contributed by atoms with van der Waals surface area (Å²) >= 11 is 0. The zero-order chi connectivity index (χ0) is 11.9. The molecular formula is C12H13FN2O. The van der Waals surface area contributed by atoms with Crippen LogP contribution in [0.15, 0.2) is 23.1 Å². The molecule has 84 valence electrons. The van der Waals surface area contributed by atoms with Crippen LogP contribution >= 0.6 is 0 Å². The SMILES string of the molecule is CC(C)c1cc(F)c2c(=O)n(C)ncc2c1. The van der Waals surface area contributed by atoms with E-state index < -0.39 is 11.4 Å². The van der Waals surface area contributed by atoms with Crippen molar-refractivity contribution >= 4 is 10.8 Å². The summed E-state index contributed by atoms with van der Waals surface area (Å²) in [4.78, 5) is 11.7. The molecule has 16 heavy (non-hydrogen) atoms. The molecule has 1 heterocycles. The predicted octanol–water partition coefficient (Wildman–Crippen LogP) is 2.20.